The van der Waals surface area contributed by atoms with Gasteiger partial charge in [0.15, 0.2) is 11.5 Å². The van der Waals surface area contributed by atoms with E-state index in [-0.39, 0.29) is 0 Å². The minimum atomic E-state index is -1.27. The molecule has 1 aliphatic heterocycles. The van der Waals surface area contributed by atoms with Gasteiger partial charge >= 0.3 is 0 Å². The number of benzene rings is 2. The number of hydrogen-bond donors (Lipinski definition) is 1. The van der Waals surface area contributed by atoms with Gasteiger partial charge in [-0.1, -0.05) is 25.1 Å². The predicted octanol–water partition coefficient (Wildman–Crippen LogP) is 3.36. The molecule has 2 aromatic carbocycles. The molecule has 1 heterocycles. The highest BCUT2D eigenvalue weighted by Crippen LogP contribution is 2.40. The molecular weight excluding hydrogens is 332 g/mol. The van der Waals surface area contributed by atoms with Gasteiger partial charge in [0.25, 0.3) is 5.66 Å². The van der Waals surface area contributed by atoms with E-state index in [4.69, 9.17) is 9.47 Å². The molecule has 0 spiro atoms. The Morgan fingerprint density at radius 2 is 1.77 bits per heavy atom. The molecule has 0 saturated heterocycles. The zero-order chi connectivity index (χ0) is 18.9. The summed E-state index contributed by atoms with van der Waals surface area (Å²) in [5.74, 6) is 1.08. The first-order valence-electron chi connectivity index (χ1n) is 8.59. The SMILES string of the molecule is CC[C@H]1C(c2ccccc2)=[N+]([O-])[C@](C)(c2ccc(OC)c(OC)c2)N1O. The fraction of sp³-hybridized carbons (Fsp3) is 0.350. The first-order valence-corrected chi connectivity index (χ1v) is 8.59. The van der Waals surface area contributed by atoms with E-state index in [2.05, 4.69) is 0 Å². The van der Waals surface area contributed by atoms with Crippen LogP contribution in [-0.4, -0.2) is 41.0 Å². The van der Waals surface area contributed by atoms with Gasteiger partial charge in [0.05, 0.1) is 14.2 Å². The Kier molecular flexibility index (Phi) is 4.89. The van der Waals surface area contributed by atoms with E-state index < -0.39 is 11.7 Å². The Morgan fingerprint density at radius 3 is 2.35 bits per heavy atom. The van der Waals surface area contributed by atoms with Gasteiger partial charge in [0.1, 0.15) is 6.04 Å². The van der Waals surface area contributed by atoms with Crippen molar-refractivity contribution in [3.05, 3.63) is 64.9 Å². The molecule has 2 aromatic rings. The van der Waals surface area contributed by atoms with E-state index in [1.54, 1.807) is 39.3 Å². The normalized spacial score (nSPS) is 23.3. The van der Waals surface area contributed by atoms with Crippen molar-refractivity contribution in [1.29, 1.82) is 0 Å². The monoisotopic (exact) mass is 356 g/mol. The molecule has 0 bridgehead atoms. The summed E-state index contributed by atoms with van der Waals surface area (Å²) in [5, 5.41) is 25.5. The van der Waals surface area contributed by atoms with Gasteiger partial charge in [-0.3, -0.25) is 0 Å². The van der Waals surface area contributed by atoms with Gasteiger partial charge in [-0.2, -0.15) is 4.74 Å². The van der Waals surface area contributed by atoms with Crippen molar-refractivity contribution in [2.24, 2.45) is 0 Å². The molecule has 0 aromatic heterocycles. The highest BCUT2D eigenvalue weighted by Gasteiger charge is 2.55. The number of ether oxygens (including phenoxy) is 2. The van der Waals surface area contributed by atoms with Crippen LogP contribution in [0.3, 0.4) is 0 Å². The van der Waals surface area contributed by atoms with Crippen molar-refractivity contribution in [1.82, 2.24) is 5.06 Å². The first kappa shape index (κ1) is 18.2. The lowest BCUT2D eigenvalue weighted by molar-refractivity contribution is -0.595. The summed E-state index contributed by atoms with van der Waals surface area (Å²) in [6.07, 6.45) is 0.600. The summed E-state index contributed by atoms with van der Waals surface area (Å²) < 4.78 is 11.5. The molecule has 0 amide bonds. The van der Waals surface area contributed by atoms with Crippen LogP contribution >= 0.6 is 0 Å². The Morgan fingerprint density at radius 1 is 1.12 bits per heavy atom. The van der Waals surface area contributed by atoms with Crippen molar-refractivity contribution in [3.8, 4) is 11.5 Å². The minimum Gasteiger partial charge on any atom is -0.622 e. The van der Waals surface area contributed by atoms with E-state index in [1.807, 2.05) is 37.3 Å². The molecule has 138 valence electrons. The second-order valence-electron chi connectivity index (χ2n) is 6.40. The summed E-state index contributed by atoms with van der Waals surface area (Å²) in [6.45, 7) is 3.66. The molecule has 0 saturated carbocycles. The van der Waals surface area contributed by atoms with Crippen molar-refractivity contribution in [2.75, 3.05) is 14.2 Å². The van der Waals surface area contributed by atoms with Crippen LogP contribution in [0, 0.1) is 5.21 Å². The molecule has 0 unspecified atom stereocenters. The fourth-order valence-corrected chi connectivity index (χ4v) is 3.55. The van der Waals surface area contributed by atoms with Crippen molar-refractivity contribution in [3.63, 3.8) is 0 Å². The molecule has 6 heteroatoms. The average Bonchev–Trinajstić information content (AvgIpc) is 2.89. The van der Waals surface area contributed by atoms with Crippen LogP contribution in [0.5, 0.6) is 11.5 Å². The number of hydrogen-bond acceptors (Lipinski definition) is 5. The van der Waals surface area contributed by atoms with Crippen molar-refractivity contribution < 1.29 is 19.4 Å². The molecule has 0 radical (unpaired) electrons. The molecule has 6 nitrogen and oxygen atoms in total. The zero-order valence-electron chi connectivity index (χ0n) is 15.5. The van der Waals surface area contributed by atoms with Crippen LogP contribution < -0.4 is 9.47 Å². The number of methoxy groups -OCH3 is 2. The van der Waals surface area contributed by atoms with E-state index in [0.717, 1.165) is 15.4 Å². The van der Waals surface area contributed by atoms with Crippen molar-refractivity contribution >= 4 is 5.71 Å². The highest BCUT2D eigenvalue weighted by molar-refractivity contribution is 6.01. The fourth-order valence-electron chi connectivity index (χ4n) is 3.55. The van der Waals surface area contributed by atoms with Gasteiger partial charge < -0.3 is 19.9 Å². The maximum absolute atomic E-state index is 13.4. The summed E-state index contributed by atoms with van der Waals surface area (Å²) in [5.41, 5.74) is 0.702. The third kappa shape index (κ3) is 2.62. The van der Waals surface area contributed by atoms with E-state index >= 15 is 0 Å². The van der Waals surface area contributed by atoms with Crippen LogP contribution in [-0.2, 0) is 5.66 Å². The third-order valence-corrected chi connectivity index (χ3v) is 5.06. The molecule has 1 N–H and O–H groups in total. The van der Waals surface area contributed by atoms with Gasteiger partial charge in [-0.25, -0.2) is 0 Å². The third-order valence-electron chi connectivity index (χ3n) is 5.06. The Hall–Kier alpha value is -2.57. The Labute approximate surface area is 153 Å². The molecule has 2 atom stereocenters. The smallest absolute Gasteiger partial charge is 0.274 e. The van der Waals surface area contributed by atoms with Crippen LogP contribution in [0.4, 0.5) is 0 Å². The number of hydroxylamine groups is 3. The maximum atomic E-state index is 13.4. The molecule has 0 fully saturated rings. The summed E-state index contributed by atoms with van der Waals surface area (Å²) >= 11 is 0. The lowest BCUT2D eigenvalue weighted by Crippen LogP contribution is -2.46. The average molecular weight is 356 g/mol. The van der Waals surface area contributed by atoms with Gasteiger partial charge in [-0.05, 0) is 36.8 Å². The zero-order valence-corrected chi connectivity index (χ0v) is 15.5. The standard InChI is InChI=1S/C20H24N2O4/c1-5-16-19(14-9-7-6-8-10-14)22(24)20(2,21(16)23)15-11-12-17(25-3)18(13-15)26-4/h6-13,16,23H,5H2,1-4H3/t16-,20+/m0/s1. The van der Waals surface area contributed by atoms with Gasteiger partial charge in [0, 0.05) is 18.1 Å². The number of rotatable bonds is 5. The summed E-state index contributed by atoms with van der Waals surface area (Å²) in [6, 6.07) is 14.3. The number of nitrogens with zero attached hydrogens (tertiary/aromatic N) is 2. The van der Waals surface area contributed by atoms with Crippen LogP contribution in [0.15, 0.2) is 48.5 Å². The van der Waals surface area contributed by atoms with E-state index in [1.165, 1.54) is 0 Å². The molecule has 0 aliphatic carbocycles. The Balaban J connectivity index is 2.18. The van der Waals surface area contributed by atoms with E-state index in [9.17, 15) is 10.4 Å². The molecular formula is C20H24N2O4. The minimum absolute atomic E-state index is 0.409. The lowest BCUT2D eigenvalue weighted by Gasteiger charge is -2.30. The molecule has 26 heavy (non-hydrogen) atoms. The summed E-state index contributed by atoms with van der Waals surface area (Å²) in [7, 11) is 3.10. The largest absolute Gasteiger partial charge is 0.622 e. The lowest BCUT2D eigenvalue weighted by atomic mass is 10.00. The Bertz CT molecular complexity index is 822. The second kappa shape index (κ2) is 6.97. The van der Waals surface area contributed by atoms with Gasteiger partial charge in [0.2, 0.25) is 5.71 Å². The molecule has 3 rings (SSSR count). The van der Waals surface area contributed by atoms with Crippen molar-refractivity contribution in [2.45, 2.75) is 32.0 Å². The quantitative estimate of drug-likeness (QED) is 0.657. The topological polar surface area (TPSA) is 68.0 Å². The van der Waals surface area contributed by atoms with Crippen LogP contribution in [0.25, 0.3) is 0 Å². The van der Waals surface area contributed by atoms with Gasteiger partial charge in [-0.15, -0.1) is 5.06 Å². The molecule has 1 aliphatic rings. The highest BCUT2D eigenvalue weighted by atomic mass is 16.6. The van der Waals surface area contributed by atoms with Crippen LogP contribution in [0.1, 0.15) is 31.4 Å². The van der Waals surface area contributed by atoms with Crippen LogP contribution in [0.2, 0.25) is 0 Å². The van der Waals surface area contributed by atoms with E-state index in [0.29, 0.717) is 29.2 Å². The maximum Gasteiger partial charge on any atom is 0.274 e. The first-order chi connectivity index (χ1) is 12.5. The second-order valence-corrected chi connectivity index (χ2v) is 6.40. The summed E-state index contributed by atoms with van der Waals surface area (Å²) in [4.78, 5) is 0. The predicted molar refractivity (Wildman–Crippen MR) is 98.8 cm³/mol.